The van der Waals surface area contributed by atoms with Gasteiger partial charge in [0.2, 0.25) is 5.91 Å². The minimum atomic E-state index is -1.30. The molecule has 4 N–H and O–H groups in total. The fraction of sp³-hybridized carbons (Fsp3) is 0.917. The number of carbonyl (C=O) groups excluding carboxylic acids is 1. The molecule has 1 rings (SSSR count). The van der Waals surface area contributed by atoms with E-state index >= 15 is 0 Å². The van der Waals surface area contributed by atoms with E-state index in [2.05, 4.69) is 5.32 Å². The van der Waals surface area contributed by atoms with E-state index in [1.54, 1.807) is 0 Å². The predicted octanol–water partition coefficient (Wildman–Crippen LogP) is -2.02. The summed E-state index contributed by atoms with van der Waals surface area (Å²) in [5.74, 6) is -0.384. The zero-order valence-corrected chi connectivity index (χ0v) is 11.7. The minimum Gasteiger partial charge on any atom is -0.394 e. The molecule has 5 atom stereocenters. The molecule has 1 aliphatic heterocycles. The molecule has 0 aliphatic carbocycles. The van der Waals surface area contributed by atoms with Crippen LogP contribution in [-0.4, -0.2) is 78.3 Å². The van der Waals surface area contributed by atoms with Crippen LogP contribution in [0.15, 0.2) is 0 Å². The number of ether oxygens (including phenoxy) is 3. The highest BCUT2D eigenvalue weighted by molar-refractivity contribution is 5.73. The van der Waals surface area contributed by atoms with Crippen molar-refractivity contribution in [1.29, 1.82) is 0 Å². The van der Waals surface area contributed by atoms with Gasteiger partial charge in [0.05, 0.1) is 19.8 Å². The van der Waals surface area contributed by atoms with Crippen LogP contribution in [0.25, 0.3) is 0 Å². The van der Waals surface area contributed by atoms with Crippen molar-refractivity contribution in [2.45, 2.75) is 44.5 Å². The van der Waals surface area contributed by atoms with Gasteiger partial charge in [-0.1, -0.05) is 0 Å². The van der Waals surface area contributed by atoms with Crippen molar-refractivity contribution in [2.75, 3.05) is 26.4 Å². The number of amides is 1. The highest BCUT2D eigenvalue weighted by Gasteiger charge is 2.45. The van der Waals surface area contributed by atoms with Crippen LogP contribution in [0.3, 0.4) is 0 Å². The van der Waals surface area contributed by atoms with Crippen LogP contribution in [0.4, 0.5) is 0 Å². The lowest BCUT2D eigenvalue weighted by atomic mass is 9.97. The van der Waals surface area contributed by atoms with Crippen molar-refractivity contribution >= 4 is 5.91 Å². The zero-order chi connectivity index (χ0) is 15.1. The number of rotatable bonds is 7. The molecular formula is C12H23NO7. The van der Waals surface area contributed by atoms with Crippen molar-refractivity contribution in [3.63, 3.8) is 0 Å². The summed E-state index contributed by atoms with van der Waals surface area (Å²) in [6.45, 7) is 3.76. The van der Waals surface area contributed by atoms with Gasteiger partial charge in [0, 0.05) is 13.5 Å². The smallest absolute Gasteiger partial charge is 0.217 e. The van der Waals surface area contributed by atoms with E-state index in [9.17, 15) is 15.0 Å². The summed E-state index contributed by atoms with van der Waals surface area (Å²) >= 11 is 0. The maximum atomic E-state index is 11.1. The number of aliphatic hydroxyl groups is 3. The molecule has 0 aromatic heterocycles. The average molecular weight is 293 g/mol. The van der Waals surface area contributed by atoms with Crippen LogP contribution in [-0.2, 0) is 19.0 Å². The Hall–Kier alpha value is -0.770. The molecule has 1 fully saturated rings. The first-order chi connectivity index (χ1) is 9.51. The van der Waals surface area contributed by atoms with Gasteiger partial charge in [-0.15, -0.1) is 0 Å². The lowest BCUT2D eigenvalue weighted by molar-refractivity contribution is -0.271. The Morgan fingerprint density at radius 3 is 2.55 bits per heavy atom. The highest BCUT2D eigenvalue weighted by atomic mass is 16.7. The molecule has 1 unspecified atom stereocenters. The molecule has 0 bridgehead atoms. The topological polar surface area (TPSA) is 117 Å². The number of nitrogens with one attached hydrogen (secondary N) is 1. The van der Waals surface area contributed by atoms with Gasteiger partial charge in [0.1, 0.15) is 24.4 Å². The van der Waals surface area contributed by atoms with E-state index in [1.807, 2.05) is 6.92 Å². The Kier molecular flexibility index (Phi) is 7.35. The first-order valence-electron chi connectivity index (χ1n) is 6.60. The van der Waals surface area contributed by atoms with E-state index < -0.39 is 37.3 Å². The van der Waals surface area contributed by atoms with E-state index in [0.717, 1.165) is 0 Å². The molecule has 8 heteroatoms. The minimum absolute atomic E-state index is 0.204. The molecule has 0 spiro atoms. The Bertz CT molecular complexity index is 302. The second-order valence-corrected chi connectivity index (χ2v) is 4.50. The normalized spacial score (nSPS) is 34.0. The molecule has 0 aromatic rings. The molecule has 118 valence electrons. The van der Waals surface area contributed by atoms with Gasteiger partial charge in [-0.25, -0.2) is 0 Å². The van der Waals surface area contributed by atoms with Crippen LogP contribution in [0.2, 0.25) is 0 Å². The monoisotopic (exact) mass is 293 g/mol. The Morgan fingerprint density at radius 1 is 1.30 bits per heavy atom. The van der Waals surface area contributed by atoms with Crippen molar-refractivity contribution in [3.05, 3.63) is 0 Å². The largest absolute Gasteiger partial charge is 0.394 e. The van der Waals surface area contributed by atoms with Crippen LogP contribution < -0.4 is 5.32 Å². The molecule has 1 aliphatic rings. The van der Waals surface area contributed by atoms with E-state index in [1.165, 1.54) is 6.92 Å². The highest BCUT2D eigenvalue weighted by Crippen LogP contribution is 2.22. The molecule has 8 nitrogen and oxygen atoms in total. The van der Waals surface area contributed by atoms with E-state index in [0.29, 0.717) is 13.2 Å². The van der Waals surface area contributed by atoms with Gasteiger partial charge in [-0.3, -0.25) is 4.79 Å². The third-order valence-electron chi connectivity index (χ3n) is 2.96. The average Bonchev–Trinajstić information content (AvgIpc) is 2.41. The molecule has 0 radical (unpaired) electrons. The van der Waals surface area contributed by atoms with Crippen LogP contribution in [0.5, 0.6) is 0 Å². The second kappa shape index (κ2) is 8.50. The van der Waals surface area contributed by atoms with Crippen LogP contribution in [0.1, 0.15) is 13.8 Å². The third kappa shape index (κ3) is 4.65. The lowest BCUT2D eigenvalue weighted by Gasteiger charge is -2.42. The molecule has 1 heterocycles. The Balaban J connectivity index is 2.65. The van der Waals surface area contributed by atoms with E-state index in [-0.39, 0.29) is 12.5 Å². The molecule has 20 heavy (non-hydrogen) atoms. The summed E-state index contributed by atoms with van der Waals surface area (Å²) in [4.78, 5) is 11.1. The van der Waals surface area contributed by atoms with Crippen molar-refractivity contribution in [1.82, 2.24) is 5.32 Å². The fourth-order valence-corrected chi connectivity index (χ4v) is 1.98. The third-order valence-corrected chi connectivity index (χ3v) is 2.96. The summed E-state index contributed by atoms with van der Waals surface area (Å²) in [7, 11) is 0. The summed E-state index contributed by atoms with van der Waals surface area (Å²) in [5, 5.41) is 31.4. The fourth-order valence-electron chi connectivity index (χ4n) is 1.98. The molecule has 0 saturated carbocycles. The lowest BCUT2D eigenvalue weighted by Crippen LogP contribution is -2.64. The van der Waals surface area contributed by atoms with Gasteiger partial charge in [0.25, 0.3) is 0 Å². The van der Waals surface area contributed by atoms with Gasteiger partial charge < -0.3 is 34.8 Å². The van der Waals surface area contributed by atoms with Gasteiger partial charge in [0.15, 0.2) is 6.29 Å². The number of hydrogen-bond acceptors (Lipinski definition) is 7. The Morgan fingerprint density at radius 2 is 2.00 bits per heavy atom. The van der Waals surface area contributed by atoms with Gasteiger partial charge in [-0.05, 0) is 6.92 Å². The van der Waals surface area contributed by atoms with Gasteiger partial charge >= 0.3 is 0 Å². The molecule has 0 aromatic carbocycles. The number of aliphatic hydroxyl groups excluding tert-OH is 3. The van der Waals surface area contributed by atoms with Crippen molar-refractivity contribution in [3.8, 4) is 0 Å². The zero-order valence-electron chi connectivity index (χ0n) is 11.7. The predicted molar refractivity (Wildman–Crippen MR) is 67.8 cm³/mol. The maximum Gasteiger partial charge on any atom is 0.217 e. The summed E-state index contributed by atoms with van der Waals surface area (Å²) in [6.07, 6.45) is -4.52. The standard InChI is InChI=1S/C12H23NO7/c1-3-18-4-5-19-12-9(13-7(2)15)11(17)10(16)8(6-14)20-12/h8-12,14,16-17H,3-6H2,1-2H3,(H,13,15)/t8-,9-,10-,11-,12?/m1/s1. The van der Waals surface area contributed by atoms with Crippen molar-refractivity contribution in [2.24, 2.45) is 0 Å². The van der Waals surface area contributed by atoms with E-state index in [4.69, 9.17) is 19.3 Å². The Labute approximate surface area is 117 Å². The van der Waals surface area contributed by atoms with Crippen molar-refractivity contribution < 1.29 is 34.3 Å². The van der Waals surface area contributed by atoms with Crippen LogP contribution in [0, 0.1) is 0 Å². The first kappa shape index (κ1) is 17.3. The molecule has 1 saturated heterocycles. The summed E-state index contributed by atoms with van der Waals surface area (Å²) in [6, 6.07) is -0.910. The van der Waals surface area contributed by atoms with Gasteiger partial charge in [-0.2, -0.15) is 0 Å². The second-order valence-electron chi connectivity index (χ2n) is 4.50. The van der Waals surface area contributed by atoms with Crippen LogP contribution >= 0.6 is 0 Å². The quantitative estimate of drug-likeness (QED) is 0.400. The SMILES string of the molecule is CCOCCOC1O[C@H](CO)[C@@H](O)[C@H](O)[C@H]1NC(C)=O. The summed E-state index contributed by atoms with van der Waals surface area (Å²) in [5.41, 5.74) is 0. The number of hydrogen-bond donors (Lipinski definition) is 4. The maximum absolute atomic E-state index is 11.1. The molecule has 1 amide bonds. The molecular weight excluding hydrogens is 270 g/mol. The number of carbonyl (C=O) groups is 1. The summed E-state index contributed by atoms with van der Waals surface area (Å²) < 4.78 is 15.9. The first-order valence-corrected chi connectivity index (χ1v) is 6.60.